The molecule has 0 fully saturated rings. The molecule has 0 aliphatic rings. The van der Waals surface area contributed by atoms with Gasteiger partial charge in [0, 0.05) is 12.5 Å². The Kier molecular flexibility index (Phi) is 5.09. The van der Waals surface area contributed by atoms with Gasteiger partial charge in [0.25, 0.3) is 0 Å². The van der Waals surface area contributed by atoms with Crippen molar-refractivity contribution in [2.24, 2.45) is 5.84 Å². The van der Waals surface area contributed by atoms with Crippen molar-refractivity contribution < 1.29 is 4.74 Å². The van der Waals surface area contributed by atoms with Crippen molar-refractivity contribution in [1.82, 2.24) is 20.2 Å². The minimum Gasteiger partial charge on any atom is -0.492 e. The molecular formula is C14H21N5O. The van der Waals surface area contributed by atoms with E-state index in [1.54, 1.807) is 6.33 Å². The monoisotopic (exact) mass is 275 g/mol. The molecule has 6 nitrogen and oxygen atoms in total. The van der Waals surface area contributed by atoms with Crippen LogP contribution in [-0.4, -0.2) is 27.4 Å². The van der Waals surface area contributed by atoms with Crippen molar-refractivity contribution in [3.63, 3.8) is 0 Å². The summed E-state index contributed by atoms with van der Waals surface area (Å²) < 4.78 is 7.60. The number of benzene rings is 1. The summed E-state index contributed by atoms with van der Waals surface area (Å²) in [6.07, 6.45) is 2.24. The fraction of sp³-hybridized carbons (Fsp3) is 0.429. The SMILES string of the molecule is CC(C)n1ncnc1CC(COc1ccccc1)NN. The van der Waals surface area contributed by atoms with Gasteiger partial charge in [-0.25, -0.2) is 9.67 Å². The van der Waals surface area contributed by atoms with Gasteiger partial charge in [0.05, 0.1) is 6.04 Å². The highest BCUT2D eigenvalue weighted by molar-refractivity contribution is 5.20. The van der Waals surface area contributed by atoms with Gasteiger partial charge < -0.3 is 4.74 Å². The summed E-state index contributed by atoms with van der Waals surface area (Å²) in [6, 6.07) is 9.94. The van der Waals surface area contributed by atoms with Crippen molar-refractivity contribution in [3.05, 3.63) is 42.5 Å². The molecule has 1 unspecified atom stereocenters. The molecule has 0 bridgehead atoms. The number of nitrogens with one attached hydrogen (secondary N) is 1. The van der Waals surface area contributed by atoms with Crippen LogP contribution in [-0.2, 0) is 6.42 Å². The molecule has 1 aromatic heterocycles. The minimum absolute atomic E-state index is 0.0168. The molecule has 0 saturated heterocycles. The Balaban J connectivity index is 1.93. The summed E-state index contributed by atoms with van der Waals surface area (Å²) in [7, 11) is 0. The summed E-state index contributed by atoms with van der Waals surface area (Å²) in [4.78, 5) is 4.28. The number of hydrogen-bond acceptors (Lipinski definition) is 5. The zero-order valence-electron chi connectivity index (χ0n) is 11.9. The number of rotatable bonds is 7. The Morgan fingerprint density at radius 1 is 1.30 bits per heavy atom. The molecule has 3 N–H and O–H groups in total. The van der Waals surface area contributed by atoms with E-state index >= 15 is 0 Å². The average molecular weight is 275 g/mol. The van der Waals surface area contributed by atoms with Gasteiger partial charge >= 0.3 is 0 Å². The van der Waals surface area contributed by atoms with E-state index in [2.05, 4.69) is 29.4 Å². The van der Waals surface area contributed by atoms with Crippen LogP contribution in [0.15, 0.2) is 36.7 Å². The van der Waals surface area contributed by atoms with Crippen molar-refractivity contribution in [2.75, 3.05) is 6.61 Å². The molecule has 1 atom stereocenters. The predicted octanol–water partition coefficient (Wildman–Crippen LogP) is 1.31. The van der Waals surface area contributed by atoms with Crippen molar-refractivity contribution >= 4 is 0 Å². The number of nitrogens with zero attached hydrogens (tertiary/aromatic N) is 3. The molecule has 108 valence electrons. The highest BCUT2D eigenvalue weighted by Crippen LogP contribution is 2.11. The molecule has 0 saturated carbocycles. The molecule has 0 amide bonds. The molecule has 20 heavy (non-hydrogen) atoms. The van der Waals surface area contributed by atoms with Gasteiger partial charge in [-0.1, -0.05) is 18.2 Å². The highest BCUT2D eigenvalue weighted by Gasteiger charge is 2.14. The van der Waals surface area contributed by atoms with Gasteiger partial charge in [-0.2, -0.15) is 5.10 Å². The lowest BCUT2D eigenvalue weighted by Crippen LogP contribution is -2.41. The number of nitrogens with two attached hydrogens (primary N) is 1. The molecule has 1 aromatic carbocycles. The topological polar surface area (TPSA) is 78.0 Å². The standard InChI is InChI=1S/C14H21N5O/c1-11(2)19-14(16-10-17-19)8-12(18-15)9-20-13-6-4-3-5-7-13/h3-7,10-12,18H,8-9,15H2,1-2H3. The molecule has 0 aliphatic carbocycles. The second kappa shape index (κ2) is 7.02. The van der Waals surface area contributed by atoms with Crippen LogP contribution in [0.25, 0.3) is 0 Å². The zero-order chi connectivity index (χ0) is 14.4. The lowest BCUT2D eigenvalue weighted by atomic mass is 10.2. The number of aromatic nitrogens is 3. The molecule has 0 radical (unpaired) electrons. The Labute approximate surface area is 118 Å². The fourth-order valence-corrected chi connectivity index (χ4v) is 1.95. The number of hydrogen-bond donors (Lipinski definition) is 2. The predicted molar refractivity (Wildman–Crippen MR) is 77.2 cm³/mol. The summed E-state index contributed by atoms with van der Waals surface area (Å²) >= 11 is 0. The number of para-hydroxylation sites is 1. The summed E-state index contributed by atoms with van der Waals surface area (Å²) in [5, 5.41) is 4.22. The Hall–Kier alpha value is -1.92. The number of ether oxygens (including phenoxy) is 1. The molecule has 0 aliphatic heterocycles. The minimum atomic E-state index is -0.0168. The first-order valence-corrected chi connectivity index (χ1v) is 6.73. The van der Waals surface area contributed by atoms with E-state index in [0.29, 0.717) is 13.0 Å². The van der Waals surface area contributed by atoms with Crippen LogP contribution in [0, 0.1) is 0 Å². The van der Waals surface area contributed by atoms with Gasteiger partial charge in [-0.05, 0) is 26.0 Å². The molecular weight excluding hydrogens is 254 g/mol. The van der Waals surface area contributed by atoms with Crippen LogP contribution in [0.4, 0.5) is 0 Å². The maximum absolute atomic E-state index is 5.71. The highest BCUT2D eigenvalue weighted by atomic mass is 16.5. The zero-order valence-corrected chi connectivity index (χ0v) is 11.9. The first-order valence-electron chi connectivity index (χ1n) is 6.73. The fourth-order valence-electron chi connectivity index (χ4n) is 1.95. The molecule has 1 heterocycles. The van der Waals surface area contributed by atoms with E-state index in [9.17, 15) is 0 Å². The van der Waals surface area contributed by atoms with Crippen LogP contribution >= 0.6 is 0 Å². The average Bonchev–Trinajstić information content (AvgIpc) is 2.93. The van der Waals surface area contributed by atoms with Crippen LogP contribution < -0.4 is 16.0 Å². The quantitative estimate of drug-likeness (QED) is 0.588. The smallest absolute Gasteiger partial charge is 0.138 e. The first kappa shape index (κ1) is 14.5. The van der Waals surface area contributed by atoms with Gasteiger partial charge in [0.1, 0.15) is 24.5 Å². The molecule has 6 heteroatoms. The number of hydrazine groups is 1. The Morgan fingerprint density at radius 3 is 2.70 bits per heavy atom. The Morgan fingerprint density at radius 2 is 2.05 bits per heavy atom. The van der Waals surface area contributed by atoms with Gasteiger partial charge in [-0.3, -0.25) is 11.3 Å². The van der Waals surface area contributed by atoms with E-state index in [1.807, 2.05) is 35.0 Å². The van der Waals surface area contributed by atoms with Gasteiger partial charge in [-0.15, -0.1) is 0 Å². The Bertz CT molecular complexity index is 511. The third-order valence-corrected chi connectivity index (χ3v) is 3.00. The normalized spacial score (nSPS) is 12.6. The second-order valence-corrected chi connectivity index (χ2v) is 4.91. The lowest BCUT2D eigenvalue weighted by Gasteiger charge is -2.17. The van der Waals surface area contributed by atoms with Crippen molar-refractivity contribution in [3.8, 4) is 5.75 Å². The van der Waals surface area contributed by atoms with E-state index in [4.69, 9.17) is 10.6 Å². The lowest BCUT2D eigenvalue weighted by molar-refractivity contribution is 0.260. The summed E-state index contributed by atoms with van der Waals surface area (Å²) in [5.41, 5.74) is 2.77. The molecule has 2 aromatic rings. The summed E-state index contributed by atoms with van der Waals surface area (Å²) in [6.45, 7) is 4.62. The van der Waals surface area contributed by atoms with Crippen LogP contribution in [0.1, 0.15) is 25.7 Å². The molecule has 2 rings (SSSR count). The van der Waals surface area contributed by atoms with Crippen molar-refractivity contribution in [1.29, 1.82) is 0 Å². The van der Waals surface area contributed by atoms with Crippen molar-refractivity contribution in [2.45, 2.75) is 32.4 Å². The first-order chi connectivity index (χ1) is 9.70. The van der Waals surface area contributed by atoms with E-state index < -0.39 is 0 Å². The van der Waals surface area contributed by atoms with E-state index in [1.165, 1.54) is 0 Å². The van der Waals surface area contributed by atoms with Gasteiger partial charge in [0.2, 0.25) is 0 Å². The van der Waals surface area contributed by atoms with E-state index in [-0.39, 0.29) is 12.1 Å². The third kappa shape index (κ3) is 3.79. The maximum atomic E-state index is 5.71. The maximum Gasteiger partial charge on any atom is 0.138 e. The second-order valence-electron chi connectivity index (χ2n) is 4.91. The molecule has 0 spiro atoms. The third-order valence-electron chi connectivity index (χ3n) is 3.00. The van der Waals surface area contributed by atoms with Crippen LogP contribution in [0.2, 0.25) is 0 Å². The van der Waals surface area contributed by atoms with E-state index in [0.717, 1.165) is 11.6 Å². The summed E-state index contributed by atoms with van der Waals surface area (Å²) in [5.74, 6) is 7.33. The largest absolute Gasteiger partial charge is 0.492 e. The van der Waals surface area contributed by atoms with Crippen LogP contribution in [0.3, 0.4) is 0 Å². The van der Waals surface area contributed by atoms with Gasteiger partial charge in [0.15, 0.2) is 0 Å². The van der Waals surface area contributed by atoms with Crippen LogP contribution in [0.5, 0.6) is 5.75 Å².